The molecule has 1 atom stereocenters. The highest BCUT2D eigenvalue weighted by Crippen LogP contribution is 2.33. The Morgan fingerprint density at radius 2 is 2.00 bits per heavy atom. The Balaban J connectivity index is 2.19. The van der Waals surface area contributed by atoms with Crippen molar-refractivity contribution in [2.24, 2.45) is 16.5 Å². The average molecular weight is 335 g/mol. The van der Waals surface area contributed by atoms with Crippen LogP contribution in [0.25, 0.3) is 5.82 Å². The molecule has 0 fully saturated rings. The molecule has 8 heteroatoms. The molecule has 0 saturated heterocycles. The molecule has 1 aliphatic rings. The molecule has 2 heterocycles. The van der Waals surface area contributed by atoms with Crippen LogP contribution in [0.15, 0.2) is 35.3 Å². The van der Waals surface area contributed by atoms with E-state index in [-0.39, 0.29) is 5.84 Å². The minimum Gasteiger partial charge on any atom is -0.384 e. The van der Waals surface area contributed by atoms with Crippen LogP contribution in [0.1, 0.15) is 11.4 Å². The number of anilines is 1. The molecule has 0 bridgehead atoms. The first-order valence-electron chi connectivity index (χ1n) is 6.95. The van der Waals surface area contributed by atoms with Crippen LogP contribution in [0.5, 0.6) is 0 Å². The lowest BCUT2D eigenvalue weighted by molar-refractivity contribution is 0.623. The summed E-state index contributed by atoms with van der Waals surface area (Å²) in [5.41, 5.74) is 14.1. The van der Waals surface area contributed by atoms with Crippen molar-refractivity contribution in [3.05, 3.63) is 52.6 Å². The summed E-state index contributed by atoms with van der Waals surface area (Å²) in [5, 5.41) is 4.79. The summed E-state index contributed by atoms with van der Waals surface area (Å²) in [6.07, 6.45) is 0.794. The van der Waals surface area contributed by atoms with Gasteiger partial charge in [0.25, 0.3) is 0 Å². The highest BCUT2D eigenvalue weighted by molar-refractivity contribution is 6.33. The molecule has 0 saturated carbocycles. The van der Waals surface area contributed by atoms with E-state index in [2.05, 4.69) is 10.1 Å². The number of hydrogen-bond acceptors (Lipinski definition) is 5. The van der Waals surface area contributed by atoms with E-state index in [0.29, 0.717) is 16.5 Å². The van der Waals surface area contributed by atoms with E-state index in [1.54, 1.807) is 15.7 Å². The van der Waals surface area contributed by atoms with Gasteiger partial charge in [-0.1, -0.05) is 11.6 Å². The fourth-order valence-corrected chi connectivity index (χ4v) is 2.75. The average Bonchev–Trinajstić information content (AvgIpc) is 2.80. The Hall–Kier alpha value is -2.38. The summed E-state index contributed by atoms with van der Waals surface area (Å²) < 4.78 is 15.4. The van der Waals surface area contributed by atoms with Crippen LogP contribution in [-0.2, 0) is 0 Å². The Kier molecular flexibility index (Phi) is 3.83. The molecule has 0 spiro atoms. The second-order valence-corrected chi connectivity index (χ2v) is 5.68. The molecule has 0 amide bonds. The van der Waals surface area contributed by atoms with E-state index in [1.165, 1.54) is 18.2 Å². The Labute approximate surface area is 137 Å². The van der Waals surface area contributed by atoms with Crippen LogP contribution in [-0.4, -0.2) is 21.9 Å². The number of benzene rings is 1. The lowest BCUT2D eigenvalue weighted by Crippen LogP contribution is -2.45. The van der Waals surface area contributed by atoms with Crippen molar-refractivity contribution >= 4 is 28.9 Å². The maximum atomic E-state index is 13.7. The molecule has 4 N–H and O–H groups in total. The van der Waals surface area contributed by atoms with Gasteiger partial charge in [0.1, 0.15) is 17.5 Å². The van der Waals surface area contributed by atoms with Gasteiger partial charge in [-0.2, -0.15) is 5.10 Å². The number of nitrogens with zero attached hydrogens (tertiary/aromatic N) is 4. The Morgan fingerprint density at radius 3 is 2.65 bits per heavy atom. The third-order valence-corrected chi connectivity index (χ3v) is 3.78. The molecule has 0 radical (unpaired) electrons. The molecule has 3 rings (SSSR count). The minimum atomic E-state index is -0.835. The zero-order valence-corrected chi connectivity index (χ0v) is 13.4. The standard InChI is InChI=1S/C15H16ClFN6/c1-8-5-9(2)23(21-8)14-7-13(18)20-15(19)22(14)12-6-10(17)3-4-11(12)16/h3-7,15H,19H2,1-2H3,(H2,18,20). The molecule has 6 nitrogen and oxygen atoms in total. The number of halogens is 2. The largest absolute Gasteiger partial charge is 0.384 e. The molecule has 2 aromatic rings. The second kappa shape index (κ2) is 5.68. The molecule has 1 unspecified atom stereocenters. The number of nitrogens with two attached hydrogens (primary N) is 2. The third-order valence-electron chi connectivity index (χ3n) is 3.46. The van der Waals surface area contributed by atoms with Gasteiger partial charge in [-0.05, 0) is 38.1 Å². The van der Waals surface area contributed by atoms with Crippen LogP contribution in [0, 0.1) is 19.7 Å². The molecular formula is C15H16ClFN6. The van der Waals surface area contributed by atoms with Crippen molar-refractivity contribution in [3.8, 4) is 0 Å². The molecule has 1 aromatic heterocycles. The molecular weight excluding hydrogens is 319 g/mol. The van der Waals surface area contributed by atoms with Gasteiger partial charge in [0.2, 0.25) is 0 Å². The number of rotatable bonds is 2. The van der Waals surface area contributed by atoms with Crippen molar-refractivity contribution in [3.63, 3.8) is 0 Å². The van der Waals surface area contributed by atoms with E-state index in [1.807, 2.05) is 19.9 Å². The van der Waals surface area contributed by atoms with Gasteiger partial charge in [-0.25, -0.2) is 14.1 Å². The van der Waals surface area contributed by atoms with E-state index in [4.69, 9.17) is 23.1 Å². The monoisotopic (exact) mass is 334 g/mol. The summed E-state index contributed by atoms with van der Waals surface area (Å²) in [6.45, 7) is 3.78. The highest BCUT2D eigenvalue weighted by atomic mass is 35.5. The predicted octanol–water partition coefficient (Wildman–Crippen LogP) is 2.21. The van der Waals surface area contributed by atoms with Crippen LogP contribution < -0.4 is 16.4 Å². The SMILES string of the molecule is Cc1cc(C)n(C2=CC(N)=NC(N)N2c2cc(F)ccc2Cl)n1. The van der Waals surface area contributed by atoms with Crippen molar-refractivity contribution < 1.29 is 4.39 Å². The maximum Gasteiger partial charge on any atom is 0.181 e. The molecule has 1 aromatic carbocycles. The third kappa shape index (κ3) is 2.80. The maximum absolute atomic E-state index is 13.7. The number of aromatic nitrogens is 2. The van der Waals surface area contributed by atoms with E-state index in [0.717, 1.165) is 11.4 Å². The van der Waals surface area contributed by atoms with Gasteiger partial charge < -0.3 is 5.73 Å². The van der Waals surface area contributed by atoms with E-state index < -0.39 is 12.1 Å². The zero-order chi connectivity index (χ0) is 16.7. The molecule has 1 aliphatic heterocycles. The number of aliphatic imine (C=N–C) groups is 1. The van der Waals surface area contributed by atoms with Crippen LogP contribution >= 0.6 is 11.6 Å². The second-order valence-electron chi connectivity index (χ2n) is 5.27. The van der Waals surface area contributed by atoms with Crippen molar-refractivity contribution in [1.82, 2.24) is 9.78 Å². The summed E-state index contributed by atoms with van der Waals surface area (Å²) in [4.78, 5) is 5.72. The Bertz CT molecular complexity index is 825. The van der Waals surface area contributed by atoms with E-state index in [9.17, 15) is 4.39 Å². The first-order chi connectivity index (χ1) is 10.9. The van der Waals surface area contributed by atoms with Crippen LogP contribution in [0.2, 0.25) is 5.02 Å². The smallest absolute Gasteiger partial charge is 0.181 e. The van der Waals surface area contributed by atoms with Crippen molar-refractivity contribution in [2.75, 3.05) is 4.90 Å². The topological polar surface area (TPSA) is 85.5 Å². The van der Waals surface area contributed by atoms with Crippen molar-refractivity contribution in [2.45, 2.75) is 20.1 Å². The molecule has 120 valence electrons. The molecule has 23 heavy (non-hydrogen) atoms. The zero-order valence-electron chi connectivity index (χ0n) is 12.7. The van der Waals surface area contributed by atoms with Gasteiger partial charge in [-0.3, -0.25) is 10.6 Å². The summed E-state index contributed by atoms with van der Waals surface area (Å²) in [7, 11) is 0. The predicted molar refractivity (Wildman–Crippen MR) is 89.5 cm³/mol. The number of amidine groups is 1. The van der Waals surface area contributed by atoms with Crippen LogP contribution in [0.3, 0.4) is 0 Å². The van der Waals surface area contributed by atoms with Gasteiger partial charge in [0.05, 0.1) is 16.4 Å². The fourth-order valence-electron chi connectivity index (χ4n) is 2.55. The summed E-state index contributed by atoms with van der Waals surface area (Å²) >= 11 is 6.23. The summed E-state index contributed by atoms with van der Waals surface area (Å²) in [5.74, 6) is 0.402. The van der Waals surface area contributed by atoms with Gasteiger partial charge in [0, 0.05) is 11.8 Å². The molecule has 0 aliphatic carbocycles. The fraction of sp³-hybridized carbons (Fsp3) is 0.200. The summed E-state index contributed by atoms with van der Waals surface area (Å²) in [6, 6.07) is 5.98. The number of aryl methyl sites for hydroxylation is 2. The van der Waals surface area contributed by atoms with Crippen molar-refractivity contribution in [1.29, 1.82) is 0 Å². The lowest BCUT2D eigenvalue weighted by atomic mass is 10.2. The normalized spacial score (nSPS) is 18.0. The van der Waals surface area contributed by atoms with Gasteiger partial charge in [-0.15, -0.1) is 0 Å². The first kappa shape index (κ1) is 15.5. The quantitative estimate of drug-likeness (QED) is 0.881. The minimum absolute atomic E-state index is 0.267. The lowest BCUT2D eigenvalue weighted by Gasteiger charge is -2.34. The highest BCUT2D eigenvalue weighted by Gasteiger charge is 2.27. The first-order valence-corrected chi connectivity index (χ1v) is 7.33. The number of hydrogen-bond donors (Lipinski definition) is 2. The van der Waals surface area contributed by atoms with E-state index >= 15 is 0 Å². The Morgan fingerprint density at radius 1 is 1.26 bits per heavy atom. The van der Waals surface area contributed by atoms with Crippen LogP contribution in [0.4, 0.5) is 10.1 Å². The van der Waals surface area contributed by atoms with Gasteiger partial charge >= 0.3 is 0 Å². The van der Waals surface area contributed by atoms with Gasteiger partial charge in [0.15, 0.2) is 6.29 Å².